The largest absolute Gasteiger partial charge is 0.331 e. The van der Waals surface area contributed by atoms with E-state index in [9.17, 15) is 14.0 Å². The lowest BCUT2D eigenvalue weighted by atomic mass is 10.0. The van der Waals surface area contributed by atoms with E-state index >= 15 is 0 Å². The van der Waals surface area contributed by atoms with Crippen molar-refractivity contribution in [2.24, 2.45) is 0 Å². The number of nitrogens with one attached hydrogen (secondary N) is 1. The van der Waals surface area contributed by atoms with Crippen LogP contribution in [0.3, 0.4) is 0 Å². The molecular formula is C25H25FN2O2. The number of carbonyl (C=O) groups is 2. The highest BCUT2D eigenvalue weighted by molar-refractivity contribution is 5.88. The highest BCUT2D eigenvalue weighted by atomic mass is 19.1. The van der Waals surface area contributed by atoms with Gasteiger partial charge in [-0.1, -0.05) is 60.7 Å². The second kappa shape index (κ2) is 9.83. The molecule has 0 radical (unpaired) electrons. The molecule has 3 rings (SSSR count). The number of hydrogen-bond donors (Lipinski definition) is 1. The van der Waals surface area contributed by atoms with Gasteiger partial charge in [0.2, 0.25) is 11.8 Å². The van der Waals surface area contributed by atoms with Crippen LogP contribution < -0.4 is 5.32 Å². The molecule has 3 aromatic carbocycles. The van der Waals surface area contributed by atoms with Gasteiger partial charge in [0.1, 0.15) is 5.82 Å². The van der Waals surface area contributed by atoms with Crippen LogP contribution in [0, 0.1) is 5.82 Å². The van der Waals surface area contributed by atoms with Gasteiger partial charge < -0.3 is 10.2 Å². The van der Waals surface area contributed by atoms with E-state index in [0.29, 0.717) is 17.8 Å². The predicted octanol–water partition coefficient (Wildman–Crippen LogP) is 5.12. The standard InChI is InChI=1S/C25H25FN2O2/c1-18(21-12-8-13-23(15-21)27-19(2)29)28(17-20-9-4-3-5-10-20)25(30)16-22-11-6-7-14-24(22)26/h3-15,18H,16-17H2,1-2H3,(H,27,29). The van der Waals surface area contributed by atoms with Gasteiger partial charge in [-0.05, 0) is 41.8 Å². The zero-order valence-electron chi connectivity index (χ0n) is 17.1. The second-order valence-corrected chi connectivity index (χ2v) is 7.26. The van der Waals surface area contributed by atoms with Gasteiger partial charge in [-0.15, -0.1) is 0 Å². The van der Waals surface area contributed by atoms with Gasteiger partial charge in [0, 0.05) is 19.2 Å². The fourth-order valence-electron chi connectivity index (χ4n) is 3.39. The van der Waals surface area contributed by atoms with Crippen LogP contribution in [0.5, 0.6) is 0 Å². The van der Waals surface area contributed by atoms with Crippen molar-refractivity contribution in [3.05, 3.63) is 101 Å². The molecule has 0 aliphatic carbocycles. The third kappa shape index (κ3) is 5.54. The van der Waals surface area contributed by atoms with Crippen LogP contribution in [0.2, 0.25) is 0 Å². The summed E-state index contributed by atoms with van der Waals surface area (Å²) in [6, 6.07) is 23.2. The van der Waals surface area contributed by atoms with Crippen LogP contribution in [0.25, 0.3) is 0 Å². The van der Waals surface area contributed by atoms with Gasteiger partial charge in [0.05, 0.1) is 12.5 Å². The smallest absolute Gasteiger partial charge is 0.227 e. The van der Waals surface area contributed by atoms with Crippen molar-refractivity contribution in [2.75, 3.05) is 5.32 Å². The minimum atomic E-state index is -0.384. The zero-order chi connectivity index (χ0) is 21.5. The molecule has 30 heavy (non-hydrogen) atoms. The molecular weight excluding hydrogens is 379 g/mol. The molecule has 154 valence electrons. The van der Waals surface area contributed by atoms with Crippen molar-refractivity contribution in [3.63, 3.8) is 0 Å². The lowest BCUT2D eigenvalue weighted by molar-refractivity contribution is -0.133. The molecule has 0 fully saturated rings. The Labute approximate surface area is 176 Å². The third-order valence-electron chi connectivity index (χ3n) is 4.97. The Hall–Kier alpha value is -3.47. The van der Waals surface area contributed by atoms with E-state index < -0.39 is 0 Å². The third-order valence-corrected chi connectivity index (χ3v) is 4.97. The Kier molecular flexibility index (Phi) is 6.96. The SMILES string of the molecule is CC(=O)Nc1cccc(C(C)N(Cc2ccccc2)C(=O)Cc2ccccc2F)c1. The quantitative estimate of drug-likeness (QED) is 0.594. The van der Waals surface area contributed by atoms with E-state index in [1.165, 1.54) is 13.0 Å². The van der Waals surface area contributed by atoms with Gasteiger partial charge in [0.15, 0.2) is 0 Å². The molecule has 1 atom stereocenters. The minimum absolute atomic E-state index is 0.0186. The number of rotatable bonds is 7. The number of nitrogens with zero attached hydrogens (tertiary/aromatic N) is 1. The van der Waals surface area contributed by atoms with Gasteiger partial charge in [-0.2, -0.15) is 0 Å². The number of benzene rings is 3. The molecule has 1 N–H and O–H groups in total. The highest BCUT2D eigenvalue weighted by Gasteiger charge is 2.23. The molecule has 0 heterocycles. The second-order valence-electron chi connectivity index (χ2n) is 7.26. The molecule has 3 aromatic rings. The summed E-state index contributed by atoms with van der Waals surface area (Å²) in [5.41, 5.74) is 2.93. The summed E-state index contributed by atoms with van der Waals surface area (Å²) in [6.07, 6.45) is -0.0186. The fourth-order valence-corrected chi connectivity index (χ4v) is 3.39. The summed E-state index contributed by atoms with van der Waals surface area (Å²) in [6.45, 7) is 3.80. The molecule has 2 amide bonds. The molecule has 0 saturated heterocycles. The Morgan fingerprint density at radius 3 is 2.37 bits per heavy atom. The van der Waals surface area contributed by atoms with Crippen molar-refractivity contribution in [1.29, 1.82) is 0 Å². The summed E-state index contributed by atoms with van der Waals surface area (Å²) in [7, 11) is 0. The van der Waals surface area contributed by atoms with Gasteiger partial charge in [-0.3, -0.25) is 9.59 Å². The zero-order valence-corrected chi connectivity index (χ0v) is 17.1. The maximum atomic E-state index is 14.1. The van der Waals surface area contributed by atoms with E-state index in [-0.39, 0.29) is 30.1 Å². The first-order chi connectivity index (χ1) is 14.4. The summed E-state index contributed by atoms with van der Waals surface area (Å²) >= 11 is 0. The van der Waals surface area contributed by atoms with Crippen molar-refractivity contribution < 1.29 is 14.0 Å². The molecule has 0 saturated carbocycles. The molecule has 4 nitrogen and oxygen atoms in total. The highest BCUT2D eigenvalue weighted by Crippen LogP contribution is 2.26. The summed E-state index contributed by atoms with van der Waals surface area (Å²) in [5, 5.41) is 2.77. The Balaban J connectivity index is 1.89. The van der Waals surface area contributed by atoms with Crippen LogP contribution in [0.4, 0.5) is 10.1 Å². The minimum Gasteiger partial charge on any atom is -0.331 e. The monoisotopic (exact) mass is 404 g/mol. The van der Waals surface area contributed by atoms with Gasteiger partial charge >= 0.3 is 0 Å². The predicted molar refractivity (Wildman–Crippen MR) is 116 cm³/mol. The number of hydrogen-bond acceptors (Lipinski definition) is 2. The van der Waals surface area contributed by atoms with E-state index in [2.05, 4.69) is 5.32 Å². The van der Waals surface area contributed by atoms with E-state index in [4.69, 9.17) is 0 Å². The average molecular weight is 404 g/mol. The van der Waals surface area contributed by atoms with E-state index in [1.54, 1.807) is 29.2 Å². The first-order valence-electron chi connectivity index (χ1n) is 9.88. The summed E-state index contributed by atoms with van der Waals surface area (Å²) in [4.78, 5) is 26.4. The topological polar surface area (TPSA) is 49.4 Å². The fraction of sp³-hybridized carbons (Fsp3) is 0.200. The summed E-state index contributed by atoms with van der Waals surface area (Å²) in [5.74, 6) is -0.705. The molecule has 5 heteroatoms. The number of carbonyl (C=O) groups excluding carboxylic acids is 2. The Morgan fingerprint density at radius 2 is 1.67 bits per heavy atom. The molecule has 0 aromatic heterocycles. The van der Waals surface area contributed by atoms with Crippen molar-refractivity contribution >= 4 is 17.5 Å². The summed E-state index contributed by atoms with van der Waals surface area (Å²) < 4.78 is 14.1. The lowest BCUT2D eigenvalue weighted by Gasteiger charge is -2.30. The van der Waals surface area contributed by atoms with Crippen LogP contribution in [0.15, 0.2) is 78.9 Å². The van der Waals surface area contributed by atoms with Crippen molar-refractivity contribution in [2.45, 2.75) is 32.9 Å². The maximum absolute atomic E-state index is 14.1. The molecule has 0 spiro atoms. The van der Waals surface area contributed by atoms with Crippen molar-refractivity contribution in [1.82, 2.24) is 4.90 Å². The molecule has 0 aliphatic rings. The number of halogens is 1. The first-order valence-corrected chi connectivity index (χ1v) is 9.88. The van der Waals surface area contributed by atoms with Crippen LogP contribution in [0.1, 0.15) is 36.6 Å². The van der Waals surface area contributed by atoms with E-state index in [1.807, 2.05) is 55.5 Å². The molecule has 1 unspecified atom stereocenters. The maximum Gasteiger partial charge on any atom is 0.227 e. The molecule has 0 aliphatic heterocycles. The van der Waals surface area contributed by atoms with Crippen LogP contribution in [-0.4, -0.2) is 16.7 Å². The Bertz CT molecular complexity index is 1020. The average Bonchev–Trinajstić information content (AvgIpc) is 2.73. The van der Waals surface area contributed by atoms with Gasteiger partial charge in [-0.25, -0.2) is 4.39 Å². The normalized spacial score (nSPS) is 11.6. The number of amides is 2. The Morgan fingerprint density at radius 1 is 0.967 bits per heavy atom. The number of anilines is 1. The van der Waals surface area contributed by atoms with Crippen LogP contribution in [-0.2, 0) is 22.6 Å². The molecule has 0 bridgehead atoms. The van der Waals surface area contributed by atoms with Crippen LogP contribution >= 0.6 is 0 Å². The van der Waals surface area contributed by atoms with E-state index in [0.717, 1.165) is 11.1 Å². The van der Waals surface area contributed by atoms with Crippen molar-refractivity contribution in [3.8, 4) is 0 Å². The van der Waals surface area contributed by atoms with Gasteiger partial charge in [0.25, 0.3) is 0 Å². The first kappa shape index (κ1) is 21.2. The lowest BCUT2D eigenvalue weighted by Crippen LogP contribution is -2.34.